The van der Waals surface area contributed by atoms with Gasteiger partial charge in [0.25, 0.3) is 5.91 Å². The van der Waals surface area contributed by atoms with Crippen molar-refractivity contribution in [1.82, 2.24) is 29.3 Å². The van der Waals surface area contributed by atoms with Gasteiger partial charge < -0.3 is 0 Å². The van der Waals surface area contributed by atoms with Gasteiger partial charge in [-0.1, -0.05) is 18.2 Å². The predicted molar refractivity (Wildman–Crippen MR) is 90.7 cm³/mol. The summed E-state index contributed by atoms with van der Waals surface area (Å²) in [7, 11) is 0. The third-order valence-corrected chi connectivity index (χ3v) is 3.58. The number of nitrogens with one attached hydrogen (secondary N) is 1. The largest absolute Gasteiger partial charge is 0.291 e. The maximum Gasteiger partial charge on any atom is 0.258 e. The molecular formula is C17H13N7O. The molecule has 0 aliphatic heterocycles. The van der Waals surface area contributed by atoms with Gasteiger partial charge in [-0.25, -0.2) is 9.97 Å². The van der Waals surface area contributed by atoms with Crippen molar-refractivity contribution in [3.63, 3.8) is 0 Å². The molecule has 0 saturated heterocycles. The van der Waals surface area contributed by atoms with E-state index in [4.69, 9.17) is 0 Å². The lowest BCUT2D eigenvalue weighted by atomic mass is 10.2. The van der Waals surface area contributed by atoms with E-state index in [-0.39, 0.29) is 5.91 Å². The highest BCUT2D eigenvalue weighted by molar-refractivity contribution is 6.03. The Balaban J connectivity index is 1.60. The van der Waals surface area contributed by atoms with Crippen molar-refractivity contribution in [3.05, 3.63) is 79.3 Å². The highest BCUT2D eigenvalue weighted by Crippen LogP contribution is 2.14. The first-order valence-electron chi connectivity index (χ1n) is 7.52. The van der Waals surface area contributed by atoms with Crippen molar-refractivity contribution in [2.45, 2.75) is 0 Å². The molecule has 4 aromatic rings. The standard InChI is InChI=1S/C17H13N7O/c25-16(13-6-7-19-15(10-13)23-9-8-18-11-23)21-17-22-20-12-24(17)14-4-2-1-3-5-14/h1-12H,(H,21,22,25). The number of carbonyl (C=O) groups is 1. The summed E-state index contributed by atoms with van der Waals surface area (Å²) in [5.74, 6) is 0.654. The van der Waals surface area contributed by atoms with Gasteiger partial charge >= 0.3 is 0 Å². The minimum Gasteiger partial charge on any atom is -0.291 e. The maximum absolute atomic E-state index is 12.6. The zero-order chi connectivity index (χ0) is 17.1. The monoisotopic (exact) mass is 331 g/mol. The Hall–Kier alpha value is -3.81. The quantitative estimate of drug-likeness (QED) is 0.618. The Bertz CT molecular complexity index is 993. The third kappa shape index (κ3) is 3.00. The van der Waals surface area contributed by atoms with Gasteiger partial charge in [0.05, 0.1) is 5.69 Å². The number of pyridine rings is 1. The van der Waals surface area contributed by atoms with Gasteiger partial charge in [-0.05, 0) is 24.3 Å². The van der Waals surface area contributed by atoms with Crippen LogP contribution in [0.1, 0.15) is 10.4 Å². The molecule has 1 aromatic carbocycles. The fourth-order valence-electron chi connectivity index (χ4n) is 2.37. The van der Waals surface area contributed by atoms with E-state index < -0.39 is 0 Å². The molecule has 0 unspecified atom stereocenters. The van der Waals surface area contributed by atoms with Crippen LogP contribution in [0.2, 0.25) is 0 Å². The number of amides is 1. The van der Waals surface area contributed by atoms with Crippen LogP contribution in [0, 0.1) is 0 Å². The lowest BCUT2D eigenvalue weighted by Crippen LogP contribution is -2.16. The zero-order valence-corrected chi connectivity index (χ0v) is 13.0. The van der Waals surface area contributed by atoms with Crippen molar-refractivity contribution in [2.24, 2.45) is 0 Å². The summed E-state index contributed by atoms with van der Waals surface area (Å²) in [5, 5.41) is 10.6. The van der Waals surface area contributed by atoms with Gasteiger partial charge in [0.15, 0.2) is 0 Å². The highest BCUT2D eigenvalue weighted by atomic mass is 16.1. The number of nitrogens with zero attached hydrogens (tertiary/aromatic N) is 6. The summed E-state index contributed by atoms with van der Waals surface area (Å²) in [5.41, 5.74) is 1.32. The van der Waals surface area contributed by atoms with Crippen LogP contribution >= 0.6 is 0 Å². The van der Waals surface area contributed by atoms with Crippen LogP contribution in [-0.4, -0.2) is 35.2 Å². The van der Waals surface area contributed by atoms with Crippen LogP contribution in [-0.2, 0) is 0 Å². The number of anilines is 1. The van der Waals surface area contributed by atoms with E-state index in [2.05, 4.69) is 25.5 Å². The molecule has 8 heteroatoms. The molecule has 4 rings (SSSR count). The molecule has 25 heavy (non-hydrogen) atoms. The number of imidazole rings is 1. The van der Waals surface area contributed by atoms with E-state index >= 15 is 0 Å². The fourth-order valence-corrected chi connectivity index (χ4v) is 2.37. The second kappa shape index (κ2) is 6.36. The summed E-state index contributed by atoms with van der Waals surface area (Å²) in [6.45, 7) is 0. The topological polar surface area (TPSA) is 90.5 Å². The smallest absolute Gasteiger partial charge is 0.258 e. The molecule has 0 atom stereocenters. The molecular weight excluding hydrogens is 318 g/mol. The summed E-state index contributed by atoms with van der Waals surface area (Å²) in [6, 6.07) is 12.9. The van der Waals surface area contributed by atoms with Crippen LogP contribution in [0.4, 0.5) is 5.95 Å². The number of benzene rings is 1. The summed E-state index contributed by atoms with van der Waals surface area (Å²) in [6.07, 6.45) is 8.16. The first-order chi connectivity index (χ1) is 12.3. The molecule has 0 fully saturated rings. The molecule has 0 saturated carbocycles. The number of rotatable bonds is 4. The van der Waals surface area contributed by atoms with E-state index in [0.29, 0.717) is 17.3 Å². The molecule has 1 N–H and O–H groups in total. The van der Waals surface area contributed by atoms with Crippen LogP contribution < -0.4 is 5.32 Å². The highest BCUT2D eigenvalue weighted by Gasteiger charge is 2.13. The van der Waals surface area contributed by atoms with Crippen LogP contribution in [0.3, 0.4) is 0 Å². The molecule has 0 aliphatic rings. The van der Waals surface area contributed by atoms with Gasteiger partial charge in [0.1, 0.15) is 18.5 Å². The average molecular weight is 331 g/mol. The van der Waals surface area contributed by atoms with Crippen molar-refractivity contribution in [1.29, 1.82) is 0 Å². The first-order valence-corrected chi connectivity index (χ1v) is 7.52. The normalized spacial score (nSPS) is 10.6. The van der Waals surface area contributed by atoms with Gasteiger partial charge in [0, 0.05) is 24.2 Å². The predicted octanol–water partition coefficient (Wildman–Crippen LogP) is 2.10. The number of carbonyl (C=O) groups excluding carboxylic acids is 1. The molecule has 8 nitrogen and oxygen atoms in total. The Morgan fingerprint density at radius 2 is 1.92 bits per heavy atom. The van der Waals surface area contributed by atoms with Crippen molar-refractivity contribution in [2.75, 3.05) is 5.32 Å². The van der Waals surface area contributed by atoms with Gasteiger partial charge in [-0.2, -0.15) is 0 Å². The van der Waals surface area contributed by atoms with Crippen molar-refractivity contribution >= 4 is 11.9 Å². The zero-order valence-electron chi connectivity index (χ0n) is 13.0. The lowest BCUT2D eigenvalue weighted by molar-refractivity contribution is 0.102. The average Bonchev–Trinajstić information content (AvgIpc) is 3.34. The SMILES string of the molecule is O=C(Nc1nncn1-c1ccccc1)c1ccnc(-n2ccnc2)c1. The molecule has 0 radical (unpaired) electrons. The van der Waals surface area contributed by atoms with E-state index in [1.54, 1.807) is 52.5 Å². The minimum atomic E-state index is -0.297. The first kappa shape index (κ1) is 14.8. The Morgan fingerprint density at radius 1 is 1.04 bits per heavy atom. The molecule has 0 bridgehead atoms. The molecule has 3 aromatic heterocycles. The summed E-state index contributed by atoms with van der Waals surface area (Å²) >= 11 is 0. The number of hydrogen-bond acceptors (Lipinski definition) is 5. The second-order valence-electron chi connectivity index (χ2n) is 5.19. The Morgan fingerprint density at radius 3 is 2.72 bits per heavy atom. The fraction of sp³-hybridized carbons (Fsp3) is 0. The van der Waals surface area contributed by atoms with Gasteiger partial charge in [0.2, 0.25) is 5.95 Å². The summed E-state index contributed by atoms with van der Waals surface area (Å²) in [4.78, 5) is 20.8. The van der Waals surface area contributed by atoms with Crippen molar-refractivity contribution in [3.8, 4) is 11.5 Å². The third-order valence-electron chi connectivity index (χ3n) is 3.58. The molecule has 1 amide bonds. The molecule has 3 heterocycles. The lowest BCUT2D eigenvalue weighted by Gasteiger charge is -2.08. The van der Waals surface area contributed by atoms with E-state index in [0.717, 1.165) is 5.69 Å². The molecule has 0 aliphatic carbocycles. The number of hydrogen-bond donors (Lipinski definition) is 1. The van der Waals surface area contributed by atoms with Gasteiger partial charge in [-0.3, -0.25) is 19.2 Å². The van der Waals surface area contributed by atoms with Gasteiger partial charge in [-0.15, -0.1) is 10.2 Å². The van der Waals surface area contributed by atoms with Crippen LogP contribution in [0.15, 0.2) is 73.7 Å². The number of para-hydroxylation sites is 1. The summed E-state index contributed by atoms with van der Waals surface area (Å²) < 4.78 is 3.43. The van der Waals surface area contributed by atoms with Crippen LogP contribution in [0.25, 0.3) is 11.5 Å². The minimum absolute atomic E-state index is 0.297. The Kier molecular flexibility index (Phi) is 3.76. The van der Waals surface area contributed by atoms with E-state index in [1.165, 1.54) is 0 Å². The number of aromatic nitrogens is 6. The van der Waals surface area contributed by atoms with Crippen LogP contribution in [0.5, 0.6) is 0 Å². The Labute approximate surface area is 142 Å². The van der Waals surface area contributed by atoms with Crippen molar-refractivity contribution < 1.29 is 4.79 Å². The second-order valence-corrected chi connectivity index (χ2v) is 5.19. The maximum atomic E-state index is 12.6. The van der Waals surface area contributed by atoms with E-state index in [1.807, 2.05) is 30.3 Å². The molecule has 0 spiro atoms. The van der Waals surface area contributed by atoms with E-state index in [9.17, 15) is 4.79 Å². The molecule has 122 valence electrons.